The molecule has 0 amide bonds. The van der Waals surface area contributed by atoms with Crippen molar-refractivity contribution in [3.05, 3.63) is 66.0 Å². The standard InChI is InChI=1S/C25H32O3/c1-4-6-7-18(5-2)28-22-15-25(3)21(12-13-23(25)27)20-10-8-16-14-17(26)9-11-19(16)24(20)22/h4-7,9,11,14,20-24,26-27H,1,8,10,12-13,15H2,2-3H3/b7-6-,18-5+. The van der Waals surface area contributed by atoms with Crippen LogP contribution >= 0.6 is 0 Å². The first-order valence-electron chi connectivity index (χ1n) is 10.6. The lowest BCUT2D eigenvalue weighted by Crippen LogP contribution is -2.50. The molecule has 1 aromatic carbocycles. The van der Waals surface area contributed by atoms with Gasteiger partial charge < -0.3 is 14.9 Å². The molecule has 2 N–H and O–H groups in total. The zero-order valence-corrected chi connectivity index (χ0v) is 17.0. The predicted molar refractivity (Wildman–Crippen MR) is 112 cm³/mol. The quantitative estimate of drug-likeness (QED) is 0.554. The van der Waals surface area contributed by atoms with Crippen LogP contribution in [-0.4, -0.2) is 22.4 Å². The Kier molecular flexibility index (Phi) is 5.13. The molecule has 0 spiro atoms. The molecule has 2 fully saturated rings. The van der Waals surface area contributed by atoms with E-state index in [4.69, 9.17) is 4.74 Å². The van der Waals surface area contributed by atoms with E-state index in [1.165, 1.54) is 11.1 Å². The fourth-order valence-corrected chi connectivity index (χ4v) is 6.24. The molecule has 0 bridgehead atoms. The van der Waals surface area contributed by atoms with Crippen molar-refractivity contribution in [1.29, 1.82) is 0 Å². The Balaban J connectivity index is 1.74. The van der Waals surface area contributed by atoms with Crippen molar-refractivity contribution in [3.8, 4) is 5.75 Å². The maximum atomic E-state index is 10.8. The highest BCUT2D eigenvalue weighted by Gasteiger charge is 2.58. The highest BCUT2D eigenvalue weighted by atomic mass is 16.5. The summed E-state index contributed by atoms with van der Waals surface area (Å²) in [7, 11) is 0. The first-order valence-corrected chi connectivity index (χ1v) is 10.6. The van der Waals surface area contributed by atoms with E-state index < -0.39 is 0 Å². The first kappa shape index (κ1) is 19.3. The van der Waals surface area contributed by atoms with Crippen LogP contribution in [-0.2, 0) is 11.2 Å². The molecule has 6 atom stereocenters. The molecule has 3 heteroatoms. The summed E-state index contributed by atoms with van der Waals surface area (Å²) in [5.74, 6) is 2.55. The summed E-state index contributed by atoms with van der Waals surface area (Å²) < 4.78 is 6.57. The Morgan fingerprint density at radius 1 is 1.29 bits per heavy atom. The zero-order chi connectivity index (χ0) is 19.9. The average Bonchev–Trinajstić information content (AvgIpc) is 2.98. The summed E-state index contributed by atoms with van der Waals surface area (Å²) in [4.78, 5) is 0. The van der Waals surface area contributed by atoms with Gasteiger partial charge in [-0.15, -0.1) is 0 Å². The topological polar surface area (TPSA) is 49.7 Å². The molecule has 2 saturated carbocycles. The molecular formula is C25H32O3. The fourth-order valence-electron chi connectivity index (χ4n) is 6.24. The number of hydrogen-bond donors (Lipinski definition) is 2. The Labute approximate surface area is 168 Å². The number of aryl methyl sites for hydroxylation is 1. The number of aromatic hydroxyl groups is 1. The van der Waals surface area contributed by atoms with Crippen LogP contribution in [0.25, 0.3) is 0 Å². The number of benzene rings is 1. The van der Waals surface area contributed by atoms with Crippen LogP contribution in [0.3, 0.4) is 0 Å². The van der Waals surface area contributed by atoms with Gasteiger partial charge in [-0.2, -0.15) is 0 Å². The molecule has 0 radical (unpaired) electrons. The Hall–Kier alpha value is -2.00. The van der Waals surface area contributed by atoms with Crippen LogP contribution in [0.4, 0.5) is 0 Å². The van der Waals surface area contributed by atoms with Gasteiger partial charge in [0, 0.05) is 11.3 Å². The summed E-state index contributed by atoms with van der Waals surface area (Å²) in [5.41, 5.74) is 2.49. The van der Waals surface area contributed by atoms with Crippen LogP contribution in [0.2, 0.25) is 0 Å². The number of phenols is 1. The monoisotopic (exact) mass is 380 g/mol. The molecule has 0 aliphatic heterocycles. The van der Waals surface area contributed by atoms with Crippen LogP contribution < -0.4 is 0 Å². The number of aliphatic hydroxyl groups excluding tert-OH is 1. The van der Waals surface area contributed by atoms with Crippen LogP contribution in [0.1, 0.15) is 56.6 Å². The maximum absolute atomic E-state index is 10.8. The highest BCUT2D eigenvalue weighted by Crippen LogP contribution is 2.61. The van der Waals surface area contributed by atoms with E-state index in [0.29, 0.717) is 23.5 Å². The second-order valence-electron chi connectivity index (χ2n) is 8.96. The average molecular weight is 381 g/mol. The molecule has 150 valence electrons. The van der Waals surface area contributed by atoms with Crippen molar-refractivity contribution in [2.45, 2.75) is 64.1 Å². The van der Waals surface area contributed by atoms with Gasteiger partial charge in [0.15, 0.2) is 0 Å². The Morgan fingerprint density at radius 2 is 2.11 bits per heavy atom. The summed E-state index contributed by atoms with van der Waals surface area (Å²) in [6.45, 7) is 8.01. The molecule has 0 heterocycles. The first-order chi connectivity index (χ1) is 13.5. The number of allylic oxidation sites excluding steroid dienone is 4. The fraction of sp³-hybridized carbons (Fsp3) is 0.520. The largest absolute Gasteiger partial charge is 0.508 e. The van der Waals surface area contributed by atoms with Crippen molar-refractivity contribution in [2.24, 2.45) is 17.3 Å². The Morgan fingerprint density at radius 3 is 2.86 bits per heavy atom. The van der Waals surface area contributed by atoms with E-state index in [0.717, 1.165) is 37.9 Å². The second-order valence-corrected chi connectivity index (χ2v) is 8.96. The van der Waals surface area contributed by atoms with Gasteiger partial charge in [0.25, 0.3) is 0 Å². The van der Waals surface area contributed by atoms with Gasteiger partial charge in [-0.1, -0.05) is 31.7 Å². The van der Waals surface area contributed by atoms with Gasteiger partial charge in [0.2, 0.25) is 0 Å². The summed E-state index contributed by atoms with van der Waals surface area (Å²) in [6, 6.07) is 5.83. The minimum absolute atomic E-state index is 0.0169. The van der Waals surface area contributed by atoms with E-state index >= 15 is 0 Å². The number of fused-ring (bicyclic) bond motifs is 5. The number of hydrogen-bond acceptors (Lipinski definition) is 3. The third-order valence-corrected chi connectivity index (χ3v) is 7.58. The number of ether oxygens (including phenoxy) is 1. The summed E-state index contributed by atoms with van der Waals surface area (Å²) in [5, 5.41) is 20.8. The van der Waals surface area contributed by atoms with Crippen molar-refractivity contribution >= 4 is 0 Å². The van der Waals surface area contributed by atoms with Crippen molar-refractivity contribution < 1.29 is 14.9 Å². The van der Waals surface area contributed by atoms with Gasteiger partial charge in [-0.05, 0) is 86.3 Å². The van der Waals surface area contributed by atoms with E-state index in [-0.39, 0.29) is 17.6 Å². The molecule has 4 rings (SSSR count). The number of aliphatic hydroxyl groups is 1. The van der Waals surface area contributed by atoms with Crippen molar-refractivity contribution in [1.82, 2.24) is 0 Å². The van der Waals surface area contributed by atoms with Gasteiger partial charge in [0.05, 0.1) is 6.10 Å². The van der Waals surface area contributed by atoms with Gasteiger partial charge in [0.1, 0.15) is 17.6 Å². The van der Waals surface area contributed by atoms with E-state index in [2.05, 4.69) is 19.6 Å². The lowest BCUT2D eigenvalue weighted by molar-refractivity contribution is -0.0874. The molecule has 3 nitrogen and oxygen atoms in total. The predicted octanol–water partition coefficient (Wildman–Crippen LogP) is 5.25. The third-order valence-electron chi connectivity index (χ3n) is 7.58. The van der Waals surface area contributed by atoms with Gasteiger partial charge in [-0.25, -0.2) is 0 Å². The minimum Gasteiger partial charge on any atom is -0.508 e. The zero-order valence-electron chi connectivity index (χ0n) is 17.0. The van der Waals surface area contributed by atoms with Crippen molar-refractivity contribution in [3.63, 3.8) is 0 Å². The molecule has 3 aliphatic rings. The molecule has 0 saturated heterocycles. The normalized spacial score (nSPS) is 37.2. The second kappa shape index (κ2) is 7.44. The van der Waals surface area contributed by atoms with Crippen molar-refractivity contribution in [2.75, 3.05) is 0 Å². The van der Waals surface area contributed by atoms with E-state index in [9.17, 15) is 10.2 Å². The molecule has 3 aliphatic carbocycles. The minimum atomic E-state index is -0.247. The lowest BCUT2D eigenvalue weighted by atomic mass is 9.54. The summed E-state index contributed by atoms with van der Waals surface area (Å²) in [6.07, 6.45) is 12.3. The molecule has 1 aromatic rings. The molecule has 6 unspecified atom stereocenters. The van der Waals surface area contributed by atoms with Crippen LogP contribution in [0, 0.1) is 17.3 Å². The third kappa shape index (κ3) is 3.10. The maximum Gasteiger partial charge on any atom is 0.115 e. The van der Waals surface area contributed by atoms with Crippen LogP contribution in [0.5, 0.6) is 5.75 Å². The van der Waals surface area contributed by atoms with Crippen LogP contribution in [0.15, 0.2) is 54.8 Å². The lowest BCUT2D eigenvalue weighted by Gasteiger charge is -2.53. The highest BCUT2D eigenvalue weighted by molar-refractivity contribution is 5.41. The smallest absolute Gasteiger partial charge is 0.115 e. The molecular weight excluding hydrogens is 348 g/mol. The van der Waals surface area contributed by atoms with Gasteiger partial charge in [-0.3, -0.25) is 0 Å². The van der Waals surface area contributed by atoms with E-state index in [1.54, 1.807) is 6.08 Å². The number of rotatable bonds is 4. The molecule has 0 aromatic heterocycles. The SMILES string of the molecule is C=C/C=C\C(=C/C)OC1CC2(C)C(O)CCC2C2CCc3cc(O)ccc3C12. The van der Waals surface area contributed by atoms with E-state index in [1.807, 2.05) is 37.3 Å². The molecule has 28 heavy (non-hydrogen) atoms. The van der Waals surface area contributed by atoms with Gasteiger partial charge >= 0.3 is 0 Å². The number of phenolic OH excluding ortho intramolecular Hbond substituents is 1. The summed E-state index contributed by atoms with van der Waals surface area (Å²) >= 11 is 0. The Bertz CT molecular complexity index is 808.